The van der Waals surface area contributed by atoms with Gasteiger partial charge in [-0.15, -0.1) is 0 Å². The van der Waals surface area contributed by atoms with Gasteiger partial charge in [0.2, 0.25) is 0 Å². The molecule has 1 aromatic rings. The lowest BCUT2D eigenvalue weighted by atomic mass is 9.52. The Balaban J connectivity index is 1.79. The summed E-state index contributed by atoms with van der Waals surface area (Å²) in [5, 5.41) is 0. The van der Waals surface area contributed by atoms with E-state index in [2.05, 4.69) is 32.0 Å². The van der Waals surface area contributed by atoms with E-state index in [-0.39, 0.29) is 5.54 Å². The summed E-state index contributed by atoms with van der Waals surface area (Å²) in [7, 11) is 0. The van der Waals surface area contributed by atoms with E-state index < -0.39 is 0 Å². The highest BCUT2D eigenvalue weighted by molar-refractivity contribution is 5.36. The standard InChI is InChI=1S/C16H23NO/c1-12-3-4-14(9-13(12)2)16(17)10-15(11-16)5-7-18-8-6-15/h3-4,9H,5-8,10-11,17H2,1-2H3. The molecule has 0 radical (unpaired) electrons. The largest absolute Gasteiger partial charge is 0.381 e. The van der Waals surface area contributed by atoms with E-state index in [1.165, 1.54) is 29.5 Å². The molecule has 98 valence electrons. The van der Waals surface area contributed by atoms with E-state index in [0.29, 0.717) is 5.41 Å². The topological polar surface area (TPSA) is 35.2 Å². The van der Waals surface area contributed by atoms with Gasteiger partial charge in [0.15, 0.2) is 0 Å². The maximum Gasteiger partial charge on any atom is 0.0471 e. The van der Waals surface area contributed by atoms with Crippen molar-refractivity contribution in [2.24, 2.45) is 11.1 Å². The summed E-state index contributed by atoms with van der Waals surface area (Å²) in [5.41, 5.74) is 11.0. The molecule has 2 N–H and O–H groups in total. The molecule has 18 heavy (non-hydrogen) atoms. The maximum atomic E-state index is 6.61. The fraction of sp³-hybridized carbons (Fsp3) is 0.625. The minimum atomic E-state index is -0.0875. The molecular weight excluding hydrogens is 222 g/mol. The zero-order chi connectivity index (χ0) is 12.8. The Labute approximate surface area is 110 Å². The molecule has 0 bridgehead atoms. The number of nitrogens with two attached hydrogens (primary N) is 1. The Hall–Kier alpha value is -0.860. The zero-order valence-corrected chi connectivity index (χ0v) is 11.5. The van der Waals surface area contributed by atoms with Crippen LogP contribution in [0.1, 0.15) is 42.4 Å². The minimum Gasteiger partial charge on any atom is -0.381 e. The molecular formula is C16H23NO. The van der Waals surface area contributed by atoms with Crippen LogP contribution in [-0.4, -0.2) is 13.2 Å². The average molecular weight is 245 g/mol. The van der Waals surface area contributed by atoms with Crippen LogP contribution >= 0.6 is 0 Å². The SMILES string of the molecule is Cc1ccc(C2(N)CC3(CCOCC3)C2)cc1C. The monoisotopic (exact) mass is 245 g/mol. The summed E-state index contributed by atoms with van der Waals surface area (Å²) in [6, 6.07) is 6.70. The molecule has 0 amide bonds. The van der Waals surface area contributed by atoms with Crippen molar-refractivity contribution >= 4 is 0 Å². The summed E-state index contributed by atoms with van der Waals surface area (Å²) < 4.78 is 5.47. The lowest BCUT2D eigenvalue weighted by Gasteiger charge is -2.56. The van der Waals surface area contributed by atoms with Gasteiger partial charge in [-0.3, -0.25) is 0 Å². The van der Waals surface area contributed by atoms with E-state index in [4.69, 9.17) is 10.5 Å². The first-order chi connectivity index (χ1) is 8.53. The molecule has 2 aliphatic rings. The zero-order valence-electron chi connectivity index (χ0n) is 11.5. The Bertz CT molecular complexity index is 452. The average Bonchev–Trinajstić information content (AvgIpc) is 2.32. The summed E-state index contributed by atoms with van der Waals surface area (Å²) in [5.74, 6) is 0. The van der Waals surface area contributed by atoms with Gasteiger partial charge in [0, 0.05) is 18.8 Å². The van der Waals surface area contributed by atoms with Crippen LogP contribution < -0.4 is 5.73 Å². The van der Waals surface area contributed by atoms with Crippen molar-refractivity contribution in [2.75, 3.05) is 13.2 Å². The number of benzene rings is 1. The molecule has 3 rings (SSSR count). The second-order valence-electron chi connectivity index (χ2n) is 6.42. The highest BCUT2D eigenvalue weighted by atomic mass is 16.5. The van der Waals surface area contributed by atoms with Crippen molar-refractivity contribution in [2.45, 2.75) is 45.1 Å². The second-order valence-corrected chi connectivity index (χ2v) is 6.42. The van der Waals surface area contributed by atoms with Crippen molar-refractivity contribution in [3.63, 3.8) is 0 Å². The number of hydrogen-bond acceptors (Lipinski definition) is 2. The summed E-state index contributed by atoms with van der Waals surface area (Å²) in [6.07, 6.45) is 4.64. The molecule has 1 saturated heterocycles. The van der Waals surface area contributed by atoms with Crippen LogP contribution in [0.15, 0.2) is 18.2 Å². The lowest BCUT2D eigenvalue weighted by molar-refractivity contribution is -0.0725. The molecule has 0 unspecified atom stereocenters. The molecule has 1 heterocycles. The Morgan fingerprint density at radius 2 is 1.72 bits per heavy atom. The second kappa shape index (κ2) is 4.07. The molecule has 1 saturated carbocycles. The van der Waals surface area contributed by atoms with Crippen LogP contribution in [-0.2, 0) is 10.3 Å². The third kappa shape index (κ3) is 1.88. The maximum absolute atomic E-state index is 6.61. The van der Waals surface area contributed by atoms with Crippen LogP contribution in [0, 0.1) is 19.3 Å². The Morgan fingerprint density at radius 3 is 2.33 bits per heavy atom. The van der Waals surface area contributed by atoms with Crippen molar-refractivity contribution in [1.82, 2.24) is 0 Å². The van der Waals surface area contributed by atoms with Crippen LogP contribution in [0.5, 0.6) is 0 Å². The molecule has 1 aromatic carbocycles. The fourth-order valence-electron chi connectivity index (χ4n) is 3.70. The molecule has 0 atom stereocenters. The number of ether oxygens (including phenoxy) is 1. The van der Waals surface area contributed by atoms with Gasteiger partial charge in [0.1, 0.15) is 0 Å². The number of aryl methyl sites for hydroxylation is 2. The molecule has 0 aromatic heterocycles. The van der Waals surface area contributed by atoms with E-state index in [0.717, 1.165) is 26.1 Å². The van der Waals surface area contributed by atoms with Crippen molar-refractivity contribution in [1.29, 1.82) is 0 Å². The molecule has 2 fully saturated rings. The van der Waals surface area contributed by atoms with E-state index >= 15 is 0 Å². The first-order valence-electron chi connectivity index (χ1n) is 6.98. The van der Waals surface area contributed by atoms with Crippen molar-refractivity contribution in [3.05, 3.63) is 34.9 Å². The van der Waals surface area contributed by atoms with Gasteiger partial charge in [0.25, 0.3) is 0 Å². The third-order valence-corrected chi connectivity index (χ3v) is 5.02. The third-order valence-electron chi connectivity index (χ3n) is 5.02. The summed E-state index contributed by atoms with van der Waals surface area (Å²) in [4.78, 5) is 0. The molecule has 2 heteroatoms. The molecule has 1 aliphatic heterocycles. The van der Waals surface area contributed by atoms with E-state index in [1.807, 2.05) is 0 Å². The van der Waals surface area contributed by atoms with Crippen LogP contribution in [0.4, 0.5) is 0 Å². The van der Waals surface area contributed by atoms with Gasteiger partial charge >= 0.3 is 0 Å². The van der Waals surface area contributed by atoms with E-state index in [1.54, 1.807) is 0 Å². The van der Waals surface area contributed by atoms with Gasteiger partial charge in [-0.1, -0.05) is 18.2 Å². The normalized spacial score (nSPS) is 24.8. The van der Waals surface area contributed by atoms with Crippen LogP contribution in [0.25, 0.3) is 0 Å². The Kier molecular flexibility index (Phi) is 2.76. The smallest absolute Gasteiger partial charge is 0.0471 e. The first kappa shape index (κ1) is 12.2. The fourth-order valence-corrected chi connectivity index (χ4v) is 3.70. The van der Waals surface area contributed by atoms with Crippen molar-refractivity contribution in [3.8, 4) is 0 Å². The predicted octanol–water partition coefficient (Wildman–Crippen LogP) is 3.05. The highest BCUT2D eigenvalue weighted by Gasteiger charge is 2.53. The van der Waals surface area contributed by atoms with Gasteiger partial charge in [-0.05, 0) is 61.6 Å². The van der Waals surface area contributed by atoms with Gasteiger partial charge < -0.3 is 10.5 Å². The van der Waals surface area contributed by atoms with Crippen LogP contribution in [0.2, 0.25) is 0 Å². The molecule has 1 spiro atoms. The molecule has 1 aliphatic carbocycles. The van der Waals surface area contributed by atoms with Crippen LogP contribution in [0.3, 0.4) is 0 Å². The highest BCUT2D eigenvalue weighted by Crippen LogP contribution is 2.57. The number of hydrogen-bond donors (Lipinski definition) is 1. The summed E-state index contributed by atoms with van der Waals surface area (Å²) >= 11 is 0. The minimum absolute atomic E-state index is 0.0875. The number of rotatable bonds is 1. The lowest BCUT2D eigenvalue weighted by Crippen LogP contribution is -2.57. The van der Waals surface area contributed by atoms with E-state index in [9.17, 15) is 0 Å². The van der Waals surface area contributed by atoms with Gasteiger partial charge in [-0.2, -0.15) is 0 Å². The molecule has 2 nitrogen and oxygen atoms in total. The first-order valence-corrected chi connectivity index (χ1v) is 6.98. The predicted molar refractivity (Wildman–Crippen MR) is 73.5 cm³/mol. The van der Waals surface area contributed by atoms with Gasteiger partial charge in [-0.25, -0.2) is 0 Å². The summed E-state index contributed by atoms with van der Waals surface area (Å²) in [6.45, 7) is 6.17. The quantitative estimate of drug-likeness (QED) is 0.825. The Morgan fingerprint density at radius 1 is 1.06 bits per heavy atom. The van der Waals surface area contributed by atoms with Gasteiger partial charge in [0.05, 0.1) is 0 Å². The van der Waals surface area contributed by atoms with Crippen molar-refractivity contribution < 1.29 is 4.74 Å².